The van der Waals surface area contributed by atoms with Gasteiger partial charge in [0.25, 0.3) is 0 Å². The van der Waals surface area contributed by atoms with Crippen LogP contribution in [0.4, 0.5) is 0 Å². The van der Waals surface area contributed by atoms with Gasteiger partial charge in [0, 0.05) is 18.8 Å². The van der Waals surface area contributed by atoms with Crippen LogP contribution in [0.1, 0.15) is 24.0 Å². The Kier molecular flexibility index (Phi) is 5.61. The Balaban J connectivity index is 1.65. The van der Waals surface area contributed by atoms with E-state index in [0.29, 0.717) is 18.2 Å². The molecule has 8 heteroatoms. The molecule has 138 valence electrons. The maximum atomic E-state index is 12.5. The van der Waals surface area contributed by atoms with E-state index in [9.17, 15) is 9.59 Å². The molecule has 0 saturated carbocycles. The van der Waals surface area contributed by atoms with Crippen LogP contribution in [0.2, 0.25) is 0 Å². The van der Waals surface area contributed by atoms with Gasteiger partial charge in [-0.25, -0.2) is 0 Å². The maximum absolute atomic E-state index is 12.5. The molecule has 2 amide bonds. The zero-order valence-electron chi connectivity index (χ0n) is 15.0. The van der Waals surface area contributed by atoms with Crippen molar-refractivity contribution in [2.24, 2.45) is 11.7 Å². The number of hydrogen-bond donors (Lipinski definition) is 1. The van der Waals surface area contributed by atoms with Crippen molar-refractivity contribution in [2.75, 3.05) is 18.8 Å². The number of likely N-dealkylation sites (tertiary alicyclic amines) is 1. The lowest BCUT2D eigenvalue weighted by Crippen LogP contribution is -2.44. The first kappa shape index (κ1) is 18.4. The van der Waals surface area contributed by atoms with E-state index in [1.54, 1.807) is 11.2 Å². The second kappa shape index (κ2) is 7.90. The van der Waals surface area contributed by atoms with Crippen molar-refractivity contribution in [1.29, 1.82) is 0 Å². The molecule has 1 aromatic heterocycles. The van der Waals surface area contributed by atoms with Gasteiger partial charge in [0.05, 0.1) is 11.7 Å². The van der Waals surface area contributed by atoms with Gasteiger partial charge in [-0.1, -0.05) is 17.8 Å². The Bertz CT molecular complexity index is 820. The highest BCUT2D eigenvalue weighted by Crippen LogP contribution is 2.23. The molecule has 1 fully saturated rings. The quantitative estimate of drug-likeness (QED) is 0.805. The number of carbonyl (C=O) groups is 2. The Morgan fingerprint density at radius 3 is 2.85 bits per heavy atom. The molecule has 0 radical (unpaired) electrons. The van der Waals surface area contributed by atoms with Crippen molar-refractivity contribution in [1.82, 2.24) is 19.7 Å². The minimum Gasteiger partial charge on any atom is -0.369 e. The number of hydrogen-bond acceptors (Lipinski definition) is 5. The van der Waals surface area contributed by atoms with Crippen LogP contribution in [-0.2, 0) is 9.59 Å². The summed E-state index contributed by atoms with van der Waals surface area (Å²) in [4.78, 5) is 25.6. The zero-order valence-corrected chi connectivity index (χ0v) is 15.8. The minimum atomic E-state index is -0.329. The molecule has 1 aromatic carbocycles. The number of primary amides is 1. The van der Waals surface area contributed by atoms with E-state index in [0.717, 1.165) is 18.5 Å². The smallest absolute Gasteiger partial charge is 0.233 e. The van der Waals surface area contributed by atoms with Gasteiger partial charge in [0.2, 0.25) is 11.8 Å². The van der Waals surface area contributed by atoms with Crippen LogP contribution in [-0.4, -0.2) is 50.3 Å². The Morgan fingerprint density at radius 2 is 2.12 bits per heavy atom. The molecule has 1 aliphatic rings. The molecule has 1 saturated heterocycles. The van der Waals surface area contributed by atoms with Crippen molar-refractivity contribution in [3.8, 4) is 5.69 Å². The molecule has 0 bridgehead atoms. The fourth-order valence-electron chi connectivity index (χ4n) is 3.03. The van der Waals surface area contributed by atoms with E-state index in [4.69, 9.17) is 5.73 Å². The van der Waals surface area contributed by atoms with Crippen LogP contribution >= 0.6 is 11.8 Å². The van der Waals surface area contributed by atoms with Crippen LogP contribution in [0.5, 0.6) is 0 Å². The average molecular weight is 373 g/mol. The van der Waals surface area contributed by atoms with Crippen molar-refractivity contribution in [3.63, 3.8) is 0 Å². The zero-order chi connectivity index (χ0) is 18.7. The number of carbonyl (C=O) groups excluding carboxylic acids is 2. The third-order valence-corrected chi connectivity index (χ3v) is 5.71. The fraction of sp³-hybridized carbons (Fsp3) is 0.444. The van der Waals surface area contributed by atoms with Crippen LogP contribution in [0.25, 0.3) is 5.69 Å². The fourth-order valence-corrected chi connectivity index (χ4v) is 3.86. The van der Waals surface area contributed by atoms with Crippen LogP contribution in [0.15, 0.2) is 29.7 Å². The third-order valence-electron chi connectivity index (χ3n) is 4.79. The first-order valence-corrected chi connectivity index (χ1v) is 9.62. The Hall–Kier alpha value is -2.35. The molecule has 2 N–H and O–H groups in total. The molecule has 1 atom stereocenters. The molecule has 0 aliphatic carbocycles. The molecule has 2 aromatic rings. The van der Waals surface area contributed by atoms with E-state index in [-0.39, 0.29) is 23.5 Å². The van der Waals surface area contributed by atoms with Gasteiger partial charge in [-0.15, -0.1) is 10.2 Å². The van der Waals surface area contributed by atoms with Gasteiger partial charge < -0.3 is 10.6 Å². The molecule has 1 unspecified atom stereocenters. The lowest BCUT2D eigenvalue weighted by atomic mass is 9.97. The van der Waals surface area contributed by atoms with E-state index in [1.807, 2.05) is 10.6 Å². The molecular weight excluding hydrogens is 350 g/mol. The number of benzene rings is 1. The summed E-state index contributed by atoms with van der Waals surface area (Å²) in [6, 6.07) is 6.15. The summed E-state index contributed by atoms with van der Waals surface area (Å²) >= 11 is 1.35. The predicted molar refractivity (Wildman–Crippen MR) is 100 cm³/mol. The van der Waals surface area contributed by atoms with Gasteiger partial charge in [0.15, 0.2) is 5.16 Å². The van der Waals surface area contributed by atoms with Crippen molar-refractivity contribution < 1.29 is 9.59 Å². The molecule has 3 rings (SSSR count). The third kappa shape index (κ3) is 4.07. The average Bonchev–Trinajstić information content (AvgIpc) is 3.10. The van der Waals surface area contributed by atoms with Gasteiger partial charge >= 0.3 is 0 Å². The summed E-state index contributed by atoms with van der Waals surface area (Å²) in [6.07, 6.45) is 3.22. The van der Waals surface area contributed by atoms with Crippen molar-refractivity contribution in [3.05, 3.63) is 35.7 Å². The lowest BCUT2D eigenvalue weighted by molar-refractivity contribution is -0.132. The highest BCUT2D eigenvalue weighted by Gasteiger charge is 2.27. The van der Waals surface area contributed by atoms with Gasteiger partial charge in [-0.2, -0.15) is 0 Å². The molecule has 26 heavy (non-hydrogen) atoms. The van der Waals surface area contributed by atoms with E-state index < -0.39 is 0 Å². The second-order valence-corrected chi connectivity index (χ2v) is 7.56. The van der Waals surface area contributed by atoms with Crippen LogP contribution < -0.4 is 5.73 Å². The van der Waals surface area contributed by atoms with Crippen molar-refractivity contribution in [2.45, 2.75) is 31.8 Å². The summed E-state index contributed by atoms with van der Waals surface area (Å²) < 4.78 is 1.88. The van der Waals surface area contributed by atoms with Crippen molar-refractivity contribution >= 4 is 23.6 Å². The normalized spacial score (nSPS) is 17.3. The Morgan fingerprint density at radius 1 is 1.31 bits per heavy atom. The highest BCUT2D eigenvalue weighted by atomic mass is 32.2. The minimum absolute atomic E-state index is 0.00409. The Labute approximate surface area is 157 Å². The van der Waals surface area contributed by atoms with E-state index in [1.165, 1.54) is 22.9 Å². The summed E-state index contributed by atoms with van der Waals surface area (Å²) in [5.74, 6) is -0.313. The number of amides is 2. The standard InChI is InChI=1S/C18H23N5O2S/c1-12-5-6-15(8-13(12)2)23-11-20-21-18(23)26-10-16(24)22-7-3-4-14(9-22)17(19)25/h5-6,8,11,14H,3-4,7,9-10H2,1-2H3,(H2,19,25). The summed E-state index contributed by atoms with van der Waals surface area (Å²) in [6.45, 7) is 5.22. The number of rotatable bonds is 5. The molecular formula is C18H23N5O2S. The number of aromatic nitrogens is 3. The summed E-state index contributed by atoms with van der Waals surface area (Å²) in [5.41, 5.74) is 8.77. The number of nitrogens with two attached hydrogens (primary N) is 1. The topological polar surface area (TPSA) is 94.1 Å². The summed E-state index contributed by atoms with van der Waals surface area (Å²) in [5, 5.41) is 8.79. The van der Waals surface area contributed by atoms with Crippen LogP contribution in [0, 0.1) is 19.8 Å². The van der Waals surface area contributed by atoms with E-state index >= 15 is 0 Å². The van der Waals surface area contributed by atoms with Crippen LogP contribution in [0.3, 0.4) is 0 Å². The molecule has 1 aliphatic heterocycles. The van der Waals surface area contributed by atoms with Gasteiger partial charge in [-0.05, 0) is 49.9 Å². The highest BCUT2D eigenvalue weighted by molar-refractivity contribution is 7.99. The van der Waals surface area contributed by atoms with E-state index in [2.05, 4.69) is 36.2 Å². The number of aryl methyl sites for hydroxylation is 2. The lowest BCUT2D eigenvalue weighted by Gasteiger charge is -2.31. The number of thioether (sulfide) groups is 1. The maximum Gasteiger partial charge on any atom is 0.233 e. The summed E-state index contributed by atoms with van der Waals surface area (Å²) in [7, 11) is 0. The molecule has 0 spiro atoms. The molecule has 2 heterocycles. The largest absolute Gasteiger partial charge is 0.369 e. The molecule has 7 nitrogen and oxygen atoms in total. The monoisotopic (exact) mass is 373 g/mol. The number of piperidine rings is 1. The second-order valence-electron chi connectivity index (χ2n) is 6.62. The SMILES string of the molecule is Cc1ccc(-n2cnnc2SCC(=O)N2CCCC(C(N)=O)C2)cc1C. The van der Waals surface area contributed by atoms with Gasteiger partial charge in [0.1, 0.15) is 6.33 Å². The number of nitrogens with zero attached hydrogens (tertiary/aromatic N) is 4. The van der Waals surface area contributed by atoms with Gasteiger partial charge in [-0.3, -0.25) is 14.2 Å². The first-order valence-electron chi connectivity index (χ1n) is 8.63. The predicted octanol–water partition coefficient (Wildman–Crippen LogP) is 1.70. The first-order chi connectivity index (χ1) is 12.5.